The van der Waals surface area contributed by atoms with Crippen LogP contribution in [0.2, 0.25) is 0 Å². The van der Waals surface area contributed by atoms with Crippen LogP contribution < -0.4 is 0 Å². The predicted molar refractivity (Wildman–Crippen MR) is 57.2 cm³/mol. The smallest absolute Gasteiger partial charge is 0.0937 e. The molecule has 2 heteroatoms. The highest BCUT2D eigenvalue weighted by Crippen LogP contribution is 2.36. The molecule has 0 aromatic carbocycles. The molecule has 1 aliphatic carbocycles. The second kappa shape index (κ2) is 4.32. The number of furan rings is 1. The van der Waals surface area contributed by atoms with Crippen molar-refractivity contribution in [3.63, 3.8) is 0 Å². The zero-order chi connectivity index (χ0) is 9.10. The van der Waals surface area contributed by atoms with Gasteiger partial charge in [-0.3, -0.25) is 0 Å². The van der Waals surface area contributed by atoms with E-state index in [-0.39, 0.29) is 0 Å². The lowest BCUT2D eigenvalue weighted by Gasteiger charge is -2.17. The Balaban J connectivity index is 2.11. The summed E-state index contributed by atoms with van der Waals surface area (Å²) in [4.78, 5) is 0.646. The van der Waals surface area contributed by atoms with Gasteiger partial charge in [0.2, 0.25) is 0 Å². The summed E-state index contributed by atoms with van der Waals surface area (Å²) in [6.45, 7) is 0. The fourth-order valence-electron chi connectivity index (χ4n) is 2.12. The van der Waals surface area contributed by atoms with Gasteiger partial charge in [0, 0.05) is 4.83 Å². The van der Waals surface area contributed by atoms with E-state index < -0.39 is 0 Å². The highest BCUT2D eigenvalue weighted by atomic mass is 79.9. The first-order valence-corrected chi connectivity index (χ1v) is 5.95. The third-order valence-electron chi connectivity index (χ3n) is 2.90. The van der Waals surface area contributed by atoms with Gasteiger partial charge in [0.05, 0.1) is 12.5 Å². The minimum Gasteiger partial charge on any atom is -0.472 e. The molecule has 1 heterocycles. The van der Waals surface area contributed by atoms with E-state index in [4.69, 9.17) is 4.42 Å². The Labute approximate surface area is 87.6 Å². The van der Waals surface area contributed by atoms with Gasteiger partial charge in [0.25, 0.3) is 0 Å². The van der Waals surface area contributed by atoms with Gasteiger partial charge in [0.15, 0.2) is 0 Å². The lowest BCUT2D eigenvalue weighted by atomic mass is 9.94. The molecular weight excluding hydrogens is 228 g/mol. The quantitative estimate of drug-likeness (QED) is 0.534. The Morgan fingerprint density at radius 1 is 1.23 bits per heavy atom. The van der Waals surface area contributed by atoms with Crippen LogP contribution in [0.4, 0.5) is 0 Å². The van der Waals surface area contributed by atoms with Crippen molar-refractivity contribution in [1.82, 2.24) is 0 Å². The first-order valence-electron chi connectivity index (χ1n) is 5.04. The molecule has 0 radical (unpaired) electrons. The van der Waals surface area contributed by atoms with Crippen molar-refractivity contribution in [2.24, 2.45) is 0 Å². The normalized spacial score (nSPS) is 29.9. The van der Waals surface area contributed by atoms with Crippen LogP contribution in [0.25, 0.3) is 0 Å². The summed E-state index contributed by atoms with van der Waals surface area (Å²) >= 11 is 3.78. The summed E-state index contributed by atoms with van der Waals surface area (Å²) in [5.74, 6) is 0.668. The second-order valence-corrected chi connectivity index (χ2v) is 4.99. The van der Waals surface area contributed by atoms with Gasteiger partial charge in [-0.1, -0.05) is 35.2 Å². The highest BCUT2D eigenvalue weighted by Gasteiger charge is 2.23. The van der Waals surface area contributed by atoms with E-state index >= 15 is 0 Å². The largest absolute Gasteiger partial charge is 0.472 e. The minimum absolute atomic E-state index is 0.646. The molecule has 0 aliphatic heterocycles. The van der Waals surface area contributed by atoms with Crippen molar-refractivity contribution in [2.75, 3.05) is 0 Å². The van der Waals surface area contributed by atoms with Crippen LogP contribution in [-0.2, 0) is 0 Å². The van der Waals surface area contributed by atoms with E-state index in [1.54, 1.807) is 6.26 Å². The summed E-state index contributed by atoms with van der Waals surface area (Å²) in [6, 6.07) is 2.10. The first-order chi connectivity index (χ1) is 6.38. The third-order valence-corrected chi connectivity index (χ3v) is 4.00. The highest BCUT2D eigenvalue weighted by molar-refractivity contribution is 9.09. The zero-order valence-electron chi connectivity index (χ0n) is 7.71. The molecule has 1 aromatic rings. The average molecular weight is 243 g/mol. The summed E-state index contributed by atoms with van der Waals surface area (Å²) in [5.41, 5.74) is 1.36. The van der Waals surface area contributed by atoms with Crippen LogP contribution in [-0.4, -0.2) is 4.83 Å². The molecule has 2 unspecified atom stereocenters. The molecule has 0 spiro atoms. The third kappa shape index (κ3) is 2.16. The number of halogens is 1. The van der Waals surface area contributed by atoms with Gasteiger partial charge in [0.1, 0.15) is 0 Å². The van der Waals surface area contributed by atoms with Gasteiger partial charge in [-0.25, -0.2) is 0 Å². The maximum Gasteiger partial charge on any atom is 0.0937 e. The number of hydrogen-bond donors (Lipinski definition) is 0. The van der Waals surface area contributed by atoms with Crippen molar-refractivity contribution < 1.29 is 4.42 Å². The Kier molecular flexibility index (Phi) is 3.09. The molecular formula is C11H15BrO. The minimum atomic E-state index is 0.646. The summed E-state index contributed by atoms with van der Waals surface area (Å²) in [5, 5.41) is 0. The molecule has 1 aromatic heterocycles. The van der Waals surface area contributed by atoms with Crippen LogP contribution >= 0.6 is 15.9 Å². The molecule has 1 nitrogen and oxygen atoms in total. The Morgan fingerprint density at radius 2 is 2.08 bits per heavy atom. The van der Waals surface area contributed by atoms with E-state index in [0.717, 1.165) is 0 Å². The van der Waals surface area contributed by atoms with E-state index in [0.29, 0.717) is 10.7 Å². The SMILES string of the molecule is BrC1CCCCCC1c1ccoc1. The van der Waals surface area contributed by atoms with Crippen molar-refractivity contribution >= 4 is 15.9 Å². The lowest BCUT2D eigenvalue weighted by molar-refractivity contribution is 0.549. The Morgan fingerprint density at radius 3 is 2.85 bits per heavy atom. The summed E-state index contributed by atoms with van der Waals surface area (Å²) < 4.78 is 5.14. The van der Waals surface area contributed by atoms with Crippen molar-refractivity contribution in [3.05, 3.63) is 24.2 Å². The van der Waals surface area contributed by atoms with Crippen molar-refractivity contribution in [2.45, 2.75) is 42.8 Å². The molecule has 0 amide bonds. The van der Waals surface area contributed by atoms with Gasteiger partial charge < -0.3 is 4.42 Å². The topological polar surface area (TPSA) is 13.1 Å². The maximum absolute atomic E-state index is 5.14. The summed E-state index contributed by atoms with van der Waals surface area (Å²) in [7, 11) is 0. The van der Waals surface area contributed by atoms with Gasteiger partial charge in [-0.05, 0) is 30.4 Å². The first kappa shape index (κ1) is 9.32. The maximum atomic E-state index is 5.14. The van der Waals surface area contributed by atoms with Crippen LogP contribution in [0.15, 0.2) is 23.0 Å². The van der Waals surface area contributed by atoms with E-state index in [1.807, 2.05) is 6.26 Å². The average Bonchev–Trinajstić information content (AvgIpc) is 2.56. The van der Waals surface area contributed by atoms with Crippen LogP contribution in [0.1, 0.15) is 43.6 Å². The molecule has 1 fully saturated rings. The number of rotatable bonds is 1. The molecule has 2 rings (SSSR count). The van der Waals surface area contributed by atoms with Crippen LogP contribution in [0.3, 0.4) is 0 Å². The van der Waals surface area contributed by atoms with Crippen molar-refractivity contribution in [3.8, 4) is 0 Å². The zero-order valence-corrected chi connectivity index (χ0v) is 9.29. The fraction of sp³-hybridized carbons (Fsp3) is 0.636. The van der Waals surface area contributed by atoms with Gasteiger partial charge >= 0.3 is 0 Å². The Bertz CT molecular complexity index is 243. The fourth-order valence-corrected chi connectivity index (χ4v) is 3.02. The second-order valence-electron chi connectivity index (χ2n) is 3.82. The van der Waals surface area contributed by atoms with Gasteiger partial charge in [-0.2, -0.15) is 0 Å². The predicted octanol–water partition coefficient (Wildman–Crippen LogP) is 4.09. The molecule has 2 atom stereocenters. The van der Waals surface area contributed by atoms with E-state index in [2.05, 4.69) is 22.0 Å². The molecule has 72 valence electrons. The molecule has 13 heavy (non-hydrogen) atoms. The monoisotopic (exact) mass is 242 g/mol. The number of alkyl halides is 1. The van der Waals surface area contributed by atoms with Gasteiger partial charge in [-0.15, -0.1) is 0 Å². The standard InChI is InChI=1S/C11H15BrO/c12-11-5-3-1-2-4-10(11)9-6-7-13-8-9/h6-8,10-11H,1-5H2. The Hall–Kier alpha value is -0.240. The molecule has 1 saturated carbocycles. The van der Waals surface area contributed by atoms with E-state index in [9.17, 15) is 0 Å². The van der Waals surface area contributed by atoms with E-state index in [1.165, 1.54) is 37.7 Å². The molecule has 0 bridgehead atoms. The van der Waals surface area contributed by atoms with Crippen molar-refractivity contribution in [1.29, 1.82) is 0 Å². The molecule has 1 aliphatic rings. The van der Waals surface area contributed by atoms with Crippen LogP contribution in [0.5, 0.6) is 0 Å². The summed E-state index contributed by atoms with van der Waals surface area (Å²) in [6.07, 6.45) is 10.4. The lowest BCUT2D eigenvalue weighted by Crippen LogP contribution is -2.09. The molecule has 0 N–H and O–H groups in total. The molecule has 0 saturated heterocycles. The number of hydrogen-bond acceptors (Lipinski definition) is 1. The van der Waals surface area contributed by atoms with Crippen LogP contribution in [0, 0.1) is 0 Å².